The van der Waals surface area contributed by atoms with Crippen molar-refractivity contribution in [1.82, 2.24) is 9.88 Å². The molecule has 2 rings (SSSR count). The Labute approximate surface area is 158 Å². The van der Waals surface area contributed by atoms with Gasteiger partial charge in [-0.3, -0.25) is 14.7 Å². The van der Waals surface area contributed by atoms with Crippen LogP contribution < -0.4 is 9.47 Å². The van der Waals surface area contributed by atoms with Gasteiger partial charge in [-0.25, -0.2) is 0 Å². The Kier molecular flexibility index (Phi) is 7.24. The minimum atomic E-state index is -0.494. The molecular formula is C19H23ClN2O4. The largest absolute Gasteiger partial charge is 0.497 e. The third-order valence-corrected chi connectivity index (χ3v) is 4.53. The number of ether oxygens (including phenoxy) is 3. The summed E-state index contributed by atoms with van der Waals surface area (Å²) < 4.78 is 15.6. The molecule has 0 aliphatic carbocycles. The van der Waals surface area contributed by atoms with Gasteiger partial charge in [-0.15, -0.1) is 0 Å². The second-order valence-electron chi connectivity index (χ2n) is 5.80. The summed E-state index contributed by atoms with van der Waals surface area (Å²) in [6.45, 7) is 0.496. The Bertz CT molecular complexity index is 754. The van der Waals surface area contributed by atoms with Crippen LogP contribution in [0.2, 0.25) is 5.02 Å². The molecule has 140 valence electrons. The van der Waals surface area contributed by atoms with Gasteiger partial charge in [-0.05, 0) is 24.7 Å². The molecule has 0 radical (unpaired) electrons. The van der Waals surface area contributed by atoms with Gasteiger partial charge in [0.05, 0.1) is 26.4 Å². The molecule has 0 aliphatic heterocycles. The normalized spacial score (nSPS) is 11.9. The summed E-state index contributed by atoms with van der Waals surface area (Å²) in [7, 11) is 6.45. The fourth-order valence-corrected chi connectivity index (χ4v) is 2.89. The summed E-state index contributed by atoms with van der Waals surface area (Å²) in [6.07, 6.45) is 3.64. The summed E-state index contributed by atoms with van der Waals surface area (Å²) in [5.74, 6) is 1.08. The van der Waals surface area contributed by atoms with Crippen molar-refractivity contribution in [2.45, 2.75) is 19.0 Å². The maximum Gasteiger partial charge on any atom is 0.323 e. The standard InChI is InChI=1S/C19H23ClN2O4/c1-22(12-14-5-6-15(24-2)10-18(14)25-3)17(19(23)26-4)9-13-7-8-21-11-16(13)20/h5-8,10-11,17H,9,12H2,1-4H3. The molecule has 0 spiro atoms. The number of rotatable bonds is 8. The summed E-state index contributed by atoms with van der Waals surface area (Å²) in [6, 6.07) is 6.91. The topological polar surface area (TPSA) is 60.9 Å². The van der Waals surface area contributed by atoms with Crippen molar-refractivity contribution in [1.29, 1.82) is 0 Å². The molecule has 7 heteroatoms. The Morgan fingerprint density at radius 1 is 1.19 bits per heavy atom. The highest BCUT2D eigenvalue weighted by atomic mass is 35.5. The van der Waals surface area contributed by atoms with E-state index in [1.54, 1.807) is 32.7 Å². The number of esters is 1. The number of carbonyl (C=O) groups is 1. The van der Waals surface area contributed by atoms with Gasteiger partial charge in [0, 0.05) is 37.0 Å². The van der Waals surface area contributed by atoms with Crippen molar-refractivity contribution in [3.63, 3.8) is 0 Å². The molecule has 26 heavy (non-hydrogen) atoms. The van der Waals surface area contributed by atoms with Crippen molar-refractivity contribution in [2.75, 3.05) is 28.4 Å². The highest BCUT2D eigenvalue weighted by molar-refractivity contribution is 6.31. The van der Waals surface area contributed by atoms with E-state index in [1.807, 2.05) is 30.1 Å². The monoisotopic (exact) mass is 378 g/mol. The molecule has 0 N–H and O–H groups in total. The highest BCUT2D eigenvalue weighted by Crippen LogP contribution is 2.27. The molecule has 0 fully saturated rings. The Balaban J connectivity index is 2.23. The van der Waals surface area contributed by atoms with Crippen LogP contribution in [-0.2, 0) is 22.5 Å². The second-order valence-corrected chi connectivity index (χ2v) is 6.21. The van der Waals surface area contributed by atoms with Crippen molar-refractivity contribution < 1.29 is 19.0 Å². The molecule has 0 aliphatic rings. The van der Waals surface area contributed by atoms with Crippen LogP contribution >= 0.6 is 11.6 Å². The number of pyridine rings is 1. The minimum Gasteiger partial charge on any atom is -0.497 e. The predicted octanol–water partition coefficient (Wildman–Crippen LogP) is 2.97. The molecule has 0 amide bonds. The number of methoxy groups -OCH3 is 3. The van der Waals surface area contributed by atoms with Crippen LogP contribution in [-0.4, -0.2) is 50.3 Å². The quantitative estimate of drug-likeness (QED) is 0.658. The van der Waals surface area contributed by atoms with Gasteiger partial charge in [0.1, 0.15) is 17.5 Å². The average molecular weight is 379 g/mol. The maximum absolute atomic E-state index is 12.3. The number of aromatic nitrogens is 1. The third-order valence-electron chi connectivity index (χ3n) is 4.19. The van der Waals surface area contributed by atoms with Gasteiger partial charge in [0.15, 0.2) is 0 Å². The first-order valence-electron chi connectivity index (χ1n) is 8.07. The molecule has 0 bridgehead atoms. The Hall–Kier alpha value is -2.31. The van der Waals surface area contributed by atoms with Crippen molar-refractivity contribution in [3.05, 3.63) is 52.8 Å². The van der Waals surface area contributed by atoms with E-state index in [2.05, 4.69) is 4.98 Å². The Morgan fingerprint density at radius 2 is 1.96 bits per heavy atom. The SMILES string of the molecule is COC(=O)C(Cc1ccncc1Cl)N(C)Cc1ccc(OC)cc1OC. The first-order chi connectivity index (χ1) is 12.5. The number of hydrogen-bond donors (Lipinski definition) is 0. The van der Waals surface area contributed by atoms with E-state index < -0.39 is 6.04 Å². The van der Waals surface area contributed by atoms with E-state index in [0.29, 0.717) is 29.5 Å². The van der Waals surface area contributed by atoms with E-state index in [1.165, 1.54) is 7.11 Å². The molecular weight excluding hydrogens is 356 g/mol. The minimum absolute atomic E-state index is 0.326. The molecule has 1 aromatic heterocycles. The molecule has 1 heterocycles. The van der Waals surface area contributed by atoms with Gasteiger partial charge >= 0.3 is 5.97 Å². The zero-order valence-corrected chi connectivity index (χ0v) is 16.1. The average Bonchev–Trinajstić information content (AvgIpc) is 2.66. The lowest BCUT2D eigenvalue weighted by Gasteiger charge is -2.27. The van der Waals surface area contributed by atoms with Crippen LogP contribution in [0.5, 0.6) is 11.5 Å². The number of hydrogen-bond acceptors (Lipinski definition) is 6. The fraction of sp³-hybridized carbons (Fsp3) is 0.368. The lowest BCUT2D eigenvalue weighted by atomic mass is 10.0. The van der Waals surface area contributed by atoms with Gasteiger partial charge in [0.25, 0.3) is 0 Å². The molecule has 0 saturated carbocycles. The van der Waals surface area contributed by atoms with Crippen LogP contribution in [0.15, 0.2) is 36.7 Å². The first-order valence-corrected chi connectivity index (χ1v) is 8.45. The molecule has 1 unspecified atom stereocenters. The molecule has 6 nitrogen and oxygen atoms in total. The second kappa shape index (κ2) is 9.40. The van der Waals surface area contributed by atoms with Crippen LogP contribution in [0, 0.1) is 0 Å². The zero-order valence-electron chi connectivity index (χ0n) is 15.4. The summed E-state index contributed by atoms with van der Waals surface area (Å²) in [5, 5.41) is 0.525. The summed E-state index contributed by atoms with van der Waals surface area (Å²) in [4.78, 5) is 18.2. The van der Waals surface area contributed by atoms with E-state index in [0.717, 1.165) is 11.1 Å². The van der Waals surface area contributed by atoms with Crippen LogP contribution in [0.1, 0.15) is 11.1 Å². The zero-order chi connectivity index (χ0) is 19.1. The Morgan fingerprint density at radius 3 is 2.58 bits per heavy atom. The van der Waals surface area contributed by atoms with E-state index >= 15 is 0 Å². The lowest BCUT2D eigenvalue weighted by Crippen LogP contribution is -2.40. The highest BCUT2D eigenvalue weighted by Gasteiger charge is 2.26. The van der Waals surface area contributed by atoms with E-state index in [-0.39, 0.29) is 5.97 Å². The number of benzene rings is 1. The summed E-state index contributed by atoms with van der Waals surface area (Å²) in [5.41, 5.74) is 1.77. The molecule has 1 atom stereocenters. The molecule has 1 aromatic carbocycles. The maximum atomic E-state index is 12.3. The van der Waals surface area contributed by atoms with Gasteiger partial charge in [-0.1, -0.05) is 17.7 Å². The number of carbonyl (C=O) groups excluding carboxylic acids is 1. The number of nitrogens with zero attached hydrogens (tertiary/aromatic N) is 2. The predicted molar refractivity (Wildman–Crippen MR) is 99.8 cm³/mol. The van der Waals surface area contributed by atoms with Gasteiger partial charge < -0.3 is 14.2 Å². The fourth-order valence-electron chi connectivity index (χ4n) is 2.69. The number of likely N-dealkylation sites (N-methyl/N-ethyl adjacent to an activating group) is 1. The van der Waals surface area contributed by atoms with Gasteiger partial charge in [0.2, 0.25) is 0 Å². The van der Waals surface area contributed by atoms with Crippen LogP contribution in [0.3, 0.4) is 0 Å². The van der Waals surface area contributed by atoms with Gasteiger partial charge in [-0.2, -0.15) is 0 Å². The van der Waals surface area contributed by atoms with Crippen molar-refractivity contribution >= 4 is 17.6 Å². The van der Waals surface area contributed by atoms with Crippen LogP contribution in [0.4, 0.5) is 0 Å². The first kappa shape index (κ1) is 20.0. The smallest absolute Gasteiger partial charge is 0.323 e. The molecule has 2 aromatic rings. The van der Waals surface area contributed by atoms with E-state index in [4.69, 9.17) is 25.8 Å². The third kappa shape index (κ3) is 4.86. The number of halogens is 1. The van der Waals surface area contributed by atoms with Crippen molar-refractivity contribution in [2.24, 2.45) is 0 Å². The van der Waals surface area contributed by atoms with Crippen LogP contribution in [0.25, 0.3) is 0 Å². The summed E-state index contributed by atoms with van der Waals surface area (Å²) >= 11 is 6.20. The molecule has 0 saturated heterocycles. The lowest BCUT2D eigenvalue weighted by molar-refractivity contribution is -0.146. The van der Waals surface area contributed by atoms with E-state index in [9.17, 15) is 4.79 Å². The van der Waals surface area contributed by atoms with Crippen molar-refractivity contribution in [3.8, 4) is 11.5 Å².